The number of hydrogen-bond donors (Lipinski definition) is 1. The lowest BCUT2D eigenvalue weighted by atomic mass is 10.1. The lowest BCUT2D eigenvalue weighted by Gasteiger charge is -2.10. The van der Waals surface area contributed by atoms with E-state index in [1.54, 1.807) is 11.6 Å². The fourth-order valence-electron chi connectivity index (χ4n) is 3.07. The van der Waals surface area contributed by atoms with Crippen LogP contribution in [0.2, 0.25) is 0 Å². The average molecular weight is 399 g/mol. The molecule has 1 aromatic carbocycles. The molecule has 1 aliphatic heterocycles. The fraction of sp³-hybridized carbons (Fsp3) is 0.368. The van der Waals surface area contributed by atoms with Crippen LogP contribution in [0.15, 0.2) is 41.6 Å². The monoisotopic (exact) mass is 399 g/mol. The first-order chi connectivity index (χ1) is 13.7. The second-order valence-corrected chi connectivity index (χ2v) is 7.34. The van der Waals surface area contributed by atoms with Crippen molar-refractivity contribution in [2.75, 3.05) is 26.0 Å². The summed E-state index contributed by atoms with van der Waals surface area (Å²) in [6.07, 6.45) is 2.19. The van der Waals surface area contributed by atoms with Crippen molar-refractivity contribution >= 4 is 23.3 Å². The van der Waals surface area contributed by atoms with Gasteiger partial charge in [-0.25, -0.2) is 0 Å². The van der Waals surface area contributed by atoms with Gasteiger partial charge in [0.15, 0.2) is 5.65 Å². The topological polar surface area (TPSA) is 90.6 Å². The number of amides is 1. The molecule has 0 unspecified atom stereocenters. The Morgan fingerprint density at radius 1 is 1.32 bits per heavy atom. The predicted octanol–water partition coefficient (Wildman–Crippen LogP) is 2.19. The summed E-state index contributed by atoms with van der Waals surface area (Å²) in [7, 11) is 1.63. The fourth-order valence-corrected chi connectivity index (χ4v) is 3.79. The highest BCUT2D eigenvalue weighted by molar-refractivity contribution is 7.99. The molecule has 28 heavy (non-hydrogen) atoms. The zero-order valence-corrected chi connectivity index (χ0v) is 16.3. The minimum Gasteiger partial charge on any atom is -0.496 e. The molecule has 4 rings (SSSR count). The summed E-state index contributed by atoms with van der Waals surface area (Å²) in [4.78, 5) is 12.1. The SMILES string of the molecule is COc1ccccc1-c1ccc2nnc(SCC(=O)NC[C@@H]3CCCO3)n2n1. The molecule has 1 saturated heterocycles. The quantitative estimate of drug-likeness (QED) is 0.609. The highest BCUT2D eigenvalue weighted by Crippen LogP contribution is 2.28. The molecular weight excluding hydrogens is 378 g/mol. The number of nitrogens with one attached hydrogen (secondary N) is 1. The normalized spacial score (nSPS) is 16.4. The number of rotatable bonds is 7. The largest absolute Gasteiger partial charge is 0.496 e. The third-order valence-corrected chi connectivity index (χ3v) is 5.42. The second kappa shape index (κ2) is 8.57. The second-order valence-electron chi connectivity index (χ2n) is 6.40. The standard InChI is InChI=1S/C19H21N5O3S/c1-26-16-7-3-2-6-14(16)15-8-9-17-21-22-19(24(17)23-15)28-12-18(25)20-11-13-5-4-10-27-13/h2-3,6-9,13H,4-5,10-12H2,1H3,(H,20,25)/t13-/m0/s1. The molecular formula is C19H21N5O3S. The van der Waals surface area contributed by atoms with E-state index in [4.69, 9.17) is 9.47 Å². The van der Waals surface area contributed by atoms with E-state index in [1.165, 1.54) is 11.8 Å². The first-order valence-corrected chi connectivity index (χ1v) is 10.1. The molecule has 3 aromatic rings. The van der Waals surface area contributed by atoms with Gasteiger partial charge in [0.1, 0.15) is 5.75 Å². The molecule has 1 N–H and O–H groups in total. The van der Waals surface area contributed by atoms with Crippen molar-refractivity contribution in [2.45, 2.75) is 24.1 Å². The Labute approximate surface area is 166 Å². The molecule has 8 nitrogen and oxygen atoms in total. The molecule has 9 heteroatoms. The van der Waals surface area contributed by atoms with Crippen molar-refractivity contribution in [3.05, 3.63) is 36.4 Å². The lowest BCUT2D eigenvalue weighted by Crippen LogP contribution is -2.32. The molecule has 1 amide bonds. The Balaban J connectivity index is 1.46. The van der Waals surface area contributed by atoms with Crippen LogP contribution in [-0.4, -0.2) is 57.8 Å². The Bertz CT molecular complexity index is 971. The summed E-state index contributed by atoms with van der Waals surface area (Å²) in [5.74, 6) is 0.928. The summed E-state index contributed by atoms with van der Waals surface area (Å²) in [5, 5.41) is 16.4. The van der Waals surface area contributed by atoms with Gasteiger partial charge in [-0.3, -0.25) is 4.79 Å². The Morgan fingerprint density at radius 3 is 3.04 bits per heavy atom. The van der Waals surface area contributed by atoms with Crippen LogP contribution in [0.3, 0.4) is 0 Å². The van der Waals surface area contributed by atoms with Crippen molar-refractivity contribution in [2.24, 2.45) is 0 Å². The average Bonchev–Trinajstić information content (AvgIpc) is 3.40. The number of para-hydroxylation sites is 1. The van der Waals surface area contributed by atoms with Gasteiger partial charge in [-0.05, 0) is 37.1 Å². The smallest absolute Gasteiger partial charge is 0.230 e. The zero-order chi connectivity index (χ0) is 19.3. The summed E-state index contributed by atoms with van der Waals surface area (Å²) in [6.45, 7) is 1.33. The molecule has 1 atom stereocenters. The molecule has 0 saturated carbocycles. The van der Waals surface area contributed by atoms with Gasteiger partial charge in [-0.2, -0.15) is 9.61 Å². The summed E-state index contributed by atoms with van der Waals surface area (Å²) in [5.41, 5.74) is 2.25. The minimum absolute atomic E-state index is 0.0573. The third-order valence-electron chi connectivity index (χ3n) is 4.50. The number of thioether (sulfide) groups is 1. The first kappa shape index (κ1) is 18.7. The Kier molecular flexibility index (Phi) is 5.73. The summed E-state index contributed by atoms with van der Waals surface area (Å²) in [6, 6.07) is 11.4. The Hall–Kier alpha value is -2.65. The van der Waals surface area contributed by atoms with Crippen molar-refractivity contribution < 1.29 is 14.3 Å². The van der Waals surface area contributed by atoms with Gasteiger partial charge in [0.05, 0.1) is 24.7 Å². The third kappa shape index (κ3) is 4.10. The number of benzene rings is 1. The van der Waals surface area contributed by atoms with Crippen LogP contribution < -0.4 is 10.1 Å². The number of ether oxygens (including phenoxy) is 2. The minimum atomic E-state index is -0.0573. The highest BCUT2D eigenvalue weighted by Gasteiger charge is 2.17. The van der Waals surface area contributed by atoms with Crippen molar-refractivity contribution in [3.8, 4) is 17.0 Å². The van der Waals surface area contributed by atoms with Crippen molar-refractivity contribution in [1.82, 2.24) is 25.1 Å². The van der Waals surface area contributed by atoms with Gasteiger partial charge in [-0.15, -0.1) is 10.2 Å². The van der Waals surface area contributed by atoms with E-state index in [9.17, 15) is 4.79 Å². The number of nitrogens with zero attached hydrogens (tertiary/aromatic N) is 4. The molecule has 0 radical (unpaired) electrons. The molecule has 2 aromatic heterocycles. The van der Waals surface area contributed by atoms with Crippen molar-refractivity contribution in [1.29, 1.82) is 0 Å². The maximum Gasteiger partial charge on any atom is 0.230 e. The number of methoxy groups -OCH3 is 1. The van der Waals surface area contributed by atoms with Crippen LogP contribution in [0.25, 0.3) is 16.9 Å². The molecule has 3 heterocycles. The maximum absolute atomic E-state index is 12.1. The van der Waals surface area contributed by atoms with Gasteiger partial charge in [0.2, 0.25) is 11.1 Å². The predicted molar refractivity (Wildman–Crippen MR) is 105 cm³/mol. The van der Waals surface area contributed by atoms with Gasteiger partial charge < -0.3 is 14.8 Å². The molecule has 1 aliphatic rings. The van der Waals surface area contributed by atoms with E-state index < -0.39 is 0 Å². The highest BCUT2D eigenvalue weighted by atomic mass is 32.2. The molecule has 0 aliphatic carbocycles. The van der Waals surface area contributed by atoms with Crippen LogP contribution in [0.1, 0.15) is 12.8 Å². The Morgan fingerprint density at radius 2 is 2.21 bits per heavy atom. The van der Waals surface area contributed by atoms with E-state index in [0.29, 0.717) is 17.3 Å². The first-order valence-electron chi connectivity index (χ1n) is 9.11. The number of fused-ring (bicyclic) bond motifs is 1. The van der Waals surface area contributed by atoms with Gasteiger partial charge in [0.25, 0.3) is 0 Å². The van der Waals surface area contributed by atoms with Gasteiger partial charge in [-0.1, -0.05) is 23.9 Å². The summed E-state index contributed by atoms with van der Waals surface area (Å²) >= 11 is 1.30. The summed E-state index contributed by atoms with van der Waals surface area (Å²) < 4.78 is 12.6. The number of carbonyl (C=O) groups excluding carboxylic acids is 1. The van der Waals surface area contributed by atoms with Crippen LogP contribution in [-0.2, 0) is 9.53 Å². The molecule has 0 bridgehead atoms. The molecule has 0 spiro atoms. The lowest BCUT2D eigenvalue weighted by molar-refractivity contribution is -0.119. The van der Waals surface area contributed by atoms with Crippen LogP contribution >= 0.6 is 11.8 Å². The number of hydrogen-bond acceptors (Lipinski definition) is 7. The molecule has 1 fully saturated rings. The van der Waals surface area contributed by atoms with E-state index in [0.717, 1.165) is 36.5 Å². The molecule has 146 valence electrons. The van der Waals surface area contributed by atoms with Gasteiger partial charge >= 0.3 is 0 Å². The zero-order valence-electron chi connectivity index (χ0n) is 15.5. The van der Waals surface area contributed by atoms with E-state index in [1.807, 2.05) is 36.4 Å². The van der Waals surface area contributed by atoms with Crippen molar-refractivity contribution in [3.63, 3.8) is 0 Å². The maximum atomic E-state index is 12.1. The number of aromatic nitrogens is 4. The van der Waals surface area contributed by atoms with E-state index in [-0.39, 0.29) is 17.8 Å². The van der Waals surface area contributed by atoms with Crippen LogP contribution in [0.4, 0.5) is 0 Å². The van der Waals surface area contributed by atoms with E-state index >= 15 is 0 Å². The van der Waals surface area contributed by atoms with Crippen LogP contribution in [0.5, 0.6) is 5.75 Å². The van der Waals surface area contributed by atoms with Gasteiger partial charge in [0, 0.05) is 18.7 Å². The number of carbonyl (C=O) groups is 1. The van der Waals surface area contributed by atoms with E-state index in [2.05, 4.69) is 20.6 Å². The van der Waals surface area contributed by atoms with Crippen LogP contribution in [0, 0.1) is 0 Å².